The molecule has 1 aromatic rings. The van der Waals surface area contributed by atoms with Gasteiger partial charge in [-0.1, -0.05) is 32.0 Å². The van der Waals surface area contributed by atoms with E-state index in [0.29, 0.717) is 5.69 Å². The minimum Gasteiger partial charge on any atom is -0.481 e. The molecule has 0 radical (unpaired) electrons. The number of para-hydroxylation sites is 1. The van der Waals surface area contributed by atoms with Crippen molar-refractivity contribution >= 4 is 17.6 Å². The second-order valence-corrected chi connectivity index (χ2v) is 4.37. The molecule has 0 saturated heterocycles. The molecule has 1 rings (SSSR count). The van der Waals surface area contributed by atoms with E-state index in [1.54, 1.807) is 12.1 Å². The predicted molar refractivity (Wildman–Crippen MR) is 67.8 cm³/mol. The third-order valence-corrected chi connectivity index (χ3v) is 2.59. The van der Waals surface area contributed by atoms with Crippen molar-refractivity contribution in [2.75, 3.05) is 5.32 Å². The topological polar surface area (TPSA) is 86.6 Å². The minimum atomic E-state index is -1.17. The molecule has 98 valence electrons. The number of hydrogen-bond donors (Lipinski definition) is 3. The number of hydrogen-bond acceptors (Lipinski definition) is 3. The van der Waals surface area contributed by atoms with Crippen molar-refractivity contribution in [2.24, 2.45) is 0 Å². The van der Waals surface area contributed by atoms with Crippen LogP contribution >= 0.6 is 0 Å². The highest BCUT2D eigenvalue weighted by atomic mass is 16.4. The lowest BCUT2D eigenvalue weighted by Crippen LogP contribution is -2.32. The van der Waals surface area contributed by atoms with Gasteiger partial charge in [0.1, 0.15) is 6.04 Å². The highest BCUT2D eigenvalue weighted by molar-refractivity contribution is 5.83. The second-order valence-electron chi connectivity index (χ2n) is 4.37. The third kappa shape index (κ3) is 3.76. The number of carboxylic acid groups (broad SMARTS) is 2. The van der Waals surface area contributed by atoms with Gasteiger partial charge in [-0.25, -0.2) is 4.79 Å². The van der Waals surface area contributed by atoms with Crippen molar-refractivity contribution < 1.29 is 19.8 Å². The average molecular weight is 251 g/mol. The highest BCUT2D eigenvalue weighted by Crippen LogP contribution is 2.24. The summed E-state index contributed by atoms with van der Waals surface area (Å²) in [5, 5.41) is 20.5. The molecule has 0 aromatic heterocycles. The number of nitrogens with one attached hydrogen (secondary N) is 1. The largest absolute Gasteiger partial charge is 0.481 e. The van der Waals surface area contributed by atoms with E-state index in [2.05, 4.69) is 5.32 Å². The molecule has 0 aliphatic rings. The molecule has 0 amide bonds. The van der Waals surface area contributed by atoms with Crippen LogP contribution in [0, 0.1) is 0 Å². The van der Waals surface area contributed by atoms with E-state index in [0.717, 1.165) is 5.56 Å². The van der Waals surface area contributed by atoms with Gasteiger partial charge < -0.3 is 15.5 Å². The Labute approximate surface area is 105 Å². The van der Waals surface area contributed by atoms with E-state index in [9.17, 15) is 9.59 Å². The zero-order valence-corrected chi connectivity index (χ0v) is 10.4. The van der Waals surface area contributed by atoms with Gasteiger partial charge in [0.05, 0.1) is 6.42 Å². The van der Waals surface area contributed by atoms with Crippen molar-refractivity contribution in [2.45, 2.75) is 32.2 Å². The van der Waals surface area contributed by atoms with Gasteiger partial charge in [-0.2, -0.15) is 0 Å². The van der Waals surface area contributed by atoms with Gasteiger partial charge in [-0.15, -0.1) is 0 Å². The van der Waals surface area contributed by atoms with E-state index >= 15 is 0 Å². The first kappa shape index (κ1) is 14.0. The molecule has 3 N–H and O–H groups in total. The smallest absolute Gasteiger partial charge is 0.326 e. The summed E-state index contributed by atoms with van der Waals surface area (Å²) < 4.78 is 0. The maximum absolute atomic E-state index is 11.0. The van der Waals surface area contributed by atoms with Crippen LogP contribution in [0.25, 0.3) is 0 Å². The number of carboxylic acids is 2. The summed E-state index contributed by atoms with van der Waals surface area (Å²) in [5.74, 6) is -2.08. The van der Waals surface area contributed by atoms with Gasteiger partial charge >= 0.3 is 11.9 Å². The molecule has 18 heavy (non-hydrogen) atoms. The first-order valence-electron chi connectivity index (χ1n) is 5.72. The quantitative estimate of drug-likeness (QED) is 0.721. The molecule has 0 aliphatic carbocycles. The fourth-order valence-corrected chi connectivity index (χ4v) is 1.69. The highest BCUT2D eigenvalue weighted by Gasteiger charge is 2.21. The summed E-state index contributed by atoms with van der Waals surface area (Å²) in [4.78, 5) is 21.6. The van der Waals surface area contributed by atoms with Gasteiger partial charge in [0, 0.05) is 5.69 Å². The fourth-order valence-electron chi connectivity index (χ4n) is 1.69. The SMILES string of the molecule is CC(C)c1ccccc1NC(CC(=O)O)C(=O)O. The van der Waals surface area contributed by atoms with Crippen LogP contribution < -0.4 is 5.32 Å². The number of anilines is 1. The predicted octanol–water partition coefficient (Wildman–Crippen LogP) is 2.15. The number of benzene rings is 1. The molecule has 5 nitrogen and oxygen atoms in total. The van der Waals surface area contributed by atoms with Gasteiger partial charge in [0.25, 0.3) is 0 Å². The van der Waals surface area contributed by atoms with Crippen molar-refractivity contribution in [3.05, 3.63) is 29.8 Å². The second kappa shape index (κ2) is 6.05. The van der Waals surface area contributed by atoms with E-state index < -0.39 is 24.4 Å². The zero-order valence-electron chi connectivity index (χ0n) is 10.4. The van der Waals surface area contributed by atoms with Crippen molar-refractivity contribution in [3.63, 3.8) is 0 Å². The van der Waals surface area contributed by atoms with Crippen LogP contribution in [0.2, 0.25) is 0 Å². The minimum absolute atomic E-state index is 0.230. The Morgan fingerprint density at radius 1 is 1.22 bits per heavy atom. The van der Waals surface area contributed by atoms with Gasteiger partial charge in [-0.3, -0.25) is 4.79 Å². The molecule has 0 aliphatic heterocycles. The average Bonchev–Trinajstić information content (AvgIpc) is 2.27. The monoisotopic (exact) mass is 251 g/mol. The molecule has 1 atom stereocenters. The Hall–Kier alpha value is -2.04. The lowest BCUT2D eigenvalue weighted by Gasteiger charge is -2.18. The Bertz CT molecular complexity index is 442. The number of rotatable bonds is 6. The van der Waals surface area contributed by atoms with E-state index in [4.69, 9.17) is 10.2 Å². The first-order chi connectivity index (χ1) is 8.41. The summed E-state index contributed by atoms with van der Waals surface area (Å²) in [6, 6.07) is 6.18. The lowest BCUT2D eigenvalue weighted by atomic mass is 10.0. The van der Waals surface area contributed by atoms with Crippen LogP contribution in [-0.4, -0.2) is 28.2 Å². The molecule has 0 saturated carbocycles. The summed E-state index contributed by atoms with van der Waals surface area (Å²) >= 11 is 0. The van der Waals surface area contributed by atoms with Crippen LogP contribution in [-0.2, 0) is 9.59 Å². The normalized spacial score (nSPS) is 12.2. The van der Waals surface area contributed by atoms with Crippen LogP contribution in [0.15, 0.2) is 24.3 Å². The van der Waals surface area contributed by atoms with Crippen LogP contribution in [0.5, 0.6) is 0 Å². The molecule has 1 aromatic carbocycles. The molecule has 1 unspecified atom stereocenters. The Morgan fingerprint density at radius 3 is 2.33 bits per heavy atom. The molecule has 0 heterocycles. The summed E-state index contributed by atoms with van der Waals surface area (Å²) in [6.45, 7) is 3.99. The van der Waals surface area contributed by atoms with Crippen molar-refractivity contribution in [3.8, 4) is 0 Å². The Balaban J connectivity index is 2.93. The van der Waals surface area contributed by atoms with Gasteiger partial charge in [0.2, 0.25) is 0 Å². The molecule has 0 bridgehead atoms. The van der Waals surface area contributed by atoms with Crippen LogP contribution in [0.4, 0.5) is 5.69 Å². The van der Waals surface area contributed by atoms with Crippen molar-refractivity contribution in [1.82, 2.24) is 0 Å². The lowest BCUT2D eigenvalue weighted by molar-refractivity contribution is -0.144. The fraction of sp³-hybridized carbons (Fsp3) is 0.385. The summed E-state index contributed by atoms with van der Waals surface area (Å²) in [5.41, 5.74) is 1.63. The summed E-state index contributed by atoms with van der Waals surface area (Å²) in [7, 11) is 0. The van der Waals surface area contributed by atoms with Crippen LogP contribution in [0.3, 0.4) is 0 Å². The first-order valence-corrected chi connectivity index (χ1v) is 5.72. The maximum Gasteiger partial charge on any atom is 0.326 e. The van der Waals surface area contributed by atoms with Gasteiger partial charge in [0.15, 0.2) is 0 Å². The zero-order chi connectivity index (χ0) is 13.7. The maximum atomic E-state index is 11.0. The summed E-state index contributed by atoms with van der Waals surface area (Å²) in [6.07, 6.45) is -0.457. The number of aliphatic carboxylic acids is 2. The molecule has 5 heteroatoms. The van der Waals surface area contributed by atoms with Crippen molar-refractivity contribution in [1.29, 1.82) is 0 Å². The molecule has 0 fully saturated rings. The molecular formula is C13H17NO4. The molecule has 0 spiro atoms. The van der Waals surface area contributed by atoms with E-state index in [1.807, 2.05) is 26.0 Å². The third-order valence-electron chi connectivity index (χ3n) is 2.59. The van der Waals surface area contributed by atoms with Crippen LogP contribution in [0.1, 0.15) is 31.7 Å². The van der Waals surface area contributed by atoms with E-state index in [1.165, 1.54) is 0 Å². The molecular weight excluding hydrogens is 234 g/mol. The van der Waals surface area contributed by atoms with Gasteiger partial charge in [-0.05, 0) is 17.5 Å². The Kier molecular flexibility index (Phi) is 4.71. The van der Waals surface area contributed by atoms with E-state index in [-0.39, 0.29) is 5.92 Å². The number of carbonyl (C=O) groups is 2. The standard InChI is InChI=1S/C13H17NO4/c1-8(2)9-5-3-4-6-10(9)14-11(13(17)18)7-12(15)16/h3-6,8,11,14H,7H2,1-2H3,(H,15,16)(H,17,18). The Morgan fingerprint density at radius 2 is 1.83 bits per heavy atom.